The standard InChI is InChI=1S/C17H17ClN6O/c1-11-7-8-13(9-12(11)2)24-16(21-22-23-24)10-19-17(25)20-15-6-4-3-5-14(15)18/h3-9H,10H2,1-2H3,(H2,19,20,25). The van der Waals surface area contributed by atoms with Crippen LogP contribution in [0.15, 0.2) is 42.5 Å². The molecule has 0 spiro atoms. The van der Waals surface area contributed by atoms with E-state index in [-0.39, 0.29) is 12.6 Å². The Morgan fingerprint density at radius 3 is 2.72 bits per heavy atom. The molecule has 2 aromatic carbocycles. The zero-order valence-corrected chi connectivity index (χ0v) is 14.6. The highest BCUT2D eigenvalue weighted by Gasteiger charge is 2.11. The Balaban J connectivity index is 1.68. The van der Waals surface area contributed by atoms with Crippen molar-refractivity contribution in [2.75, 3.05) is 5.32 Å². The molecule has 1 aromatic heterocycles. The smallest absolute Gasteiger partial charge is 0.319 e. The molecule has 0 radical (unpaired) electrons. The van der Waals surface area contributed by atoms with Crippen molar-refractivity contribution in [2.45, 2.75) is 20.4 Å². The molecule has 0 saturated heterocycles. The monoisotopic (exact) mass is 356 g/mol. The molecule has 7 nitrogen and oxygen atoms in total. The molecular weight excluding hydrogens is 340 g/mol. The van der Waals surface area contributed by atoms with Crippen LogP contribution in [-0.2, 0) is 6.54 Å². The van der Waals surface area contributed by atoms with Gasteiger partial charge in [-0.15, -0.1) is 5.10 Å². The second kappa shape index (κ2) is 7.31. The first-order valence-electron chi connectivity index (χ1n) is 7.69. The van der Waals surface area contributed by atoms with E-state index in [9.17, 15) is 4.79 Å². The predicted molar refractivity (Wildman–Crippen MR) is 95.9 cm³/mol. The summed E-state index contributed by atoms with van der Waals surface area (Å²) in [6.07, 6.45) is 0. The van der Waals surface area contributed by atoms with Gasteiger partial charge in [-0.05, 0) is 59.7 Å². The van der Waals surface area contributed by atoms with Gasteiger partial charge in [0.1, 0.15) is 0 Å². The van der Waals surface area contributed by atoms with Crippen LogP contribution in [0.3, 0.4) is 0 Å². The topological polar surface area (TPSA) is 84.7 Å². The average Bonchev–Trinajstić information content (AvgIpc) is 3.06. The van der Waals surface area contributed by atoms with Crippen molar-refractivity contribution in [2.24, 2.45) is 0 Å². The Kier molecular flexibility index (Phi) is 4.95. The van der Waals surface area contributed by atoms with E-state index in [0.717, 1.165) is 11.3 Å². The second-order valence-electron chi connectivity index (χ2n) is 5.56. The second-order valence-corrected chi connectivity index (χ2v) is 5.97. The van der Waals surface area contributed by atoms with Crippen LogP contribution in [0, 0.1) is 13.8 Å². The molecular formula is C17H17ClN6O. The van der Waals surface area contributed by atoms with Crippen molar-refractivity contribution in [3.8, 4) is 5.69 Å². The number of nitrogens with one attached hydrogen (secondary N) is 2. The van der Waals surface area contributed by atoms with Gasteiger partial charge in [0.05, 0.1) is 22.9 Å². The summed E-state index contributed by atoms with van der Waals surface area (Å²) in [5, 5.41) is 17.6. The van der Waals surface area contributed by atoms with E-state index in [4.69, 9.17) is 11.6 Å². The number of hydrogen-bond acceptors (Lipinski definition) is 4. The van der Waals surface area contributed by atoms with Crippen molar-refractivity contribution in [3.05, 3.63) is 64.4 Å². The molecule has 128 valence electrons. The minimum Gasteiger partial charge on any atom is -0.330 e. The summed E-state index contributed by atoms with van der Waals surface area (Å²) >= 11 is 6.02. The van der Waals surface area contributed by atoms with Gasteiger partial charge in [-0.1, -0.05) is 29.8 Å². The highest BCUT2D eigenvalue weighted by atomic mass is 35.5. The summed E-state index contributed by atoms with van der Waals surface area (Å²) in [5.41, 5.74) is 3.71. The summed E-state index contributed by atoms with van der Waals surface area (Å²) in [5.74, 6) is 0.526. The third-order valence-electron chi connectivity index (χ3n) is 3.80. The van der Waals surface area contributed by atoms with E-state index < -0.39 is 0 Å². The van der Waals surface area contributed by atoms with Crippen LogP contribution in [0.2, 0.25) is 5.02 Å². The van der Waals surface area contributed by atoms with Crippen molar-refractivity contribution in [1.29, 1.82) is 0 Å². The van der Waals surface area contributed by atoms with Gasteiger partial charge >= 0.3 is 6.03 Å². The predicted octanol–water partition coefficient (Wildman–Crippen LogP) is 3.25. The molecule has 0 unspecified atom stereocenters. The van der Waals surface area contributed by atoms with Crippen molar-refractivity contribution in [1.82, 2.24) is 25.5 Å². The third kappa shape index (κ3) is 3.95. The Bertz CT molecular complexity index is 908. The molecule has 2 N–H and O–H groups in total. The molecule has 3 rings (SSSR count). The molecule has 2 amide bonds. The van der Waals surface area contributed by atoms with Crippen LogP contribution in [0.25, 0.3) is 5.69 Å². The number of halogens is 1. The molecule has 8 heteroatoms. The Hall–Kier alpha value is -2.93. The summed E-state index contributed by atoms with van der Waals surface area (Å²) in [6, 6.07) is 12.6. The maximum Gasteiger partial charge on any atom is 0.319 e. The van der Waals surface area contributed by atoms with E-state index in [1.807, 2.05) is 32.0 Å². The van der Waals surface area contributed by atoms with Crippen LogP contribution < -0.4 is 10.6 Å². The Morgan fingerprint density at radius 1 is 1.16 bits per heavy atom. The van der Waals surface area contributed by atoms with Gasteiger partial charge in [0.25, 0.3) is 0 Å². The van der Waals surface area contributed by atoms with Gasteiger partial charge in [-0.3, -0.25) is 0 Å². The van der Waals surface area contributed by atoms with Crippen molar-refractivity contribution < 1.29 is 4.79 Å². The average molecular weight is 357 g/mol. The number of tetrazole rings is 1. The number of urea groups is 1. The van der Waals surface area contributed by atoms with Crippen LogP contribution in [0.4, 0.5) is 10.5 Å². The fourth-order valence-corrected chi connectivity index (χ4v) is 2.45. The van der Waals surface area contributed by atoms with Gasteiger partial charge in [-0.2, -0.15) is 4.68 Å². The van der Waals surface area contributed by atoms with Gasteiger partial charge < -0.3 is 10.6 Å². The van der Waals surface area contributed by atoms with E-state index in [2.05, 4.69) is 26.2 Å². The van der Waals surface area contributed by atoms with E-state index in [0.29, 0.717) is 16.5 Å². The van der Waals surface area contributed by atoms with Crippen LogP contribution >= 0.6 is 11.6 Å². The number of amides is 2. The number of aromatic nitrogens is 4. The lowest BCUT2D eigenvalue weighted by Gasteiger charge is -2.10. The maximum absolute atomic E-state index is 12.0. The SMILES string of the molecule is Cc1ccc(-n2nnnc2CNC(=O)Nc2ccccc2Cl)cc1C. The molecule has 0 aliphatic carbocycles. The van der Waals surface area contributed by atoms with Crippen molar-refractivity contribution in [3.63, 3.8) is 0 Å². The number of anilines is 1. The summed E-state index contributed by atoms with van der Waals surface area (Å²) in [4.78, 5) is 12.0. The first-order chi connectivity index (χ1) is 12.0. The lowest BCUT2D eigenvalue weighted by Crippen LogP contribution is -2.29. The normalized spacial score (nSPS) is 10.5. The van der Waals surface area contributed by atoms with Crippen LogP contribution in [0.1, 0.15) is 17.0 Å². The van der Waals surface area contributed by atoms with Crippen LogP contribution in [-0.4, -0.2) is 26.2 Å². The summed E-state index contributed by atoms with van der Waals surface area (Å²) in [6.45, 7) is 4.24. The Morgan fingerprint density at radius 2 is 1.96 bits per heavy atom. The highest BCUT2D eigenvalue weighted by molar-refractivity contribution is 6.33. The molecule has 0 aliphatic rings. The van der Waals surface area contributed by atoms with Gasteiger partial charge in [-0.25, -0.2) is 4.79 Å². The summed E-state index contributed by atoms with van der Waals surface area (Å²) < 4.78 is 1.60. The molecule has 25 heavy (non-hydrogen) atoms. The number of rotatable bonds is 4. The lowest BCUT2D eigenvalue weighted by atomic mass is 10.1. The molecule has 3 aromatic rings. The number of aryl methyl sites for hydroxylation is 2. The zero-order chi connectivity index (χ0) is 17.8. The first-order valence-corrected chi connectivity index (χ1v) is 8.06. The molecule has 0 aliphatic heterocycles. The first kappa shape index (κ1) is 16.9. The van der Waals surface area contributed by atoms with Gasteiger partial charge in [0.15, 0.2) is 5.82 Å². The summed E-state index contributed by atoms with van der Waals surface area (Å²) in [7, 11) is 0. The largest absolute Gasteiger partial charge is 0.330 e. The van der Waals surface area contributed by atoms with E-state index >= 15 is 0 Å². The van der Waals surface area contributed by atoms with Gasteiger partial charge in [0, 0.05) is 0 Å². The number of benzene rings is 2. The quantitative estimate of drug-likeness (QED) is 0.751. The number of hydrogen-bond donors (Lipinski definition) is 2. The molecule has 1 heterocycles. The van der Waals surface area contributed by atoms with Crippen LogP contribution in [0.5, 0.6) is 0 Å². The number of para-hydroxylation sites is 1. The fourth-order valence-electron chi connectivity index (χ4n) is 2.26. The van der Waals surface area contributed by atoms with E-state index in [1.54, 1.807) is 28.9 Å². The van der Waals surface area contributed by atoms with Crippen molar-refractivity contribution >= 4 is 23.3 Å². The Labute approximate surface area is 150 Å². The minimum absolute atomic E-state index is 0.177. The molecule has 0 atom stereocenters. The fraction of sp³-hybridized carbons (Fsp3) is 0.176. The van der Waals surface area contributed by atoms with Gasteiger partial charge in [0.2, 0.25) is 0 Å². The maximum atomic E-state index is 12.0. The third-order valence-corrected chi connectivity index (χ3v) is 4.13. The minimum atomic E-state index is -0.386. The number of carbonyl (C=O) groups is 1. The molecule has 0 fully saturated rings. The molecule has 0 bridgehead atoms. The zero-order valence-electron chi connectivity index (χ0n) is 13.8. The lowest BCUT2D eigenvalue weighted by molar-refractivity contribution is 0.251. The number of nitrogens with zero attached hydrogens (tertiary/aromatic N) is 4. The van der Waals surface area contributed by atoms with E-state index in [1.165, 1.54) is 5.56 Å². The molecule has 0 saturated carbocycles. The highest BCUT2D eigenvalue weighted by Crippen LogP contribution is 2.20. The number of carbonyl (C=O) groups excluding carboxylic acids is 1.